The van der Waals surface area contributed by atoms with E-state index in [4.69, 9.17) is 14.2 Å². The number of thioether (sulfide) groups is 2. The first-order valence-corrected chi connectivity index (χ1v) is 9.16. The van der Waals surface area contributed by atoms with Crippen LogP contribution in [0.3, 0.4) is 0 Å². The molecular weight excluding hydrogens is 340 g/mol. The highest BCUT2D eigenvalue weighted by Crippen LogP contribution is 2.49. The fourth-order valence-corrected chi connectivity index (χ4v) is 5.52. The van der Waals surface area contributed by atoms with Gasteiger partial charge in [0.2, 0.25) is 0 Å². The van der Waals surface area contributed by atoms with Crippen molar-refractivity contribution in [1.82, 2.24) is 0 Å². The molecule has 0 N–H and O–H groups in total. The number of esters is 1. The van der Waals surface area contributed by atoms with Gasteiger partial charge >= 0.3 is 5.97 Å². The summed E-state index contributed by atoms with van der Waals surface area (Å²) in [7, 11) is 4.41. The molecule has 0 aromatic heterocycles. The zero-order chi connectivity index (χ0) is 17.3. The molecule has 0 amide bonds. The molecule has 132 valence electrons. The minimum atomic E-state index is -0.702. The van der Waals surface area contributed by atoms with Gasteiger partial charge in [-0.15, -0.1) is 23.5 Å². The van der Waals surface area contributed by atoms with Crippen molar-refractivity contribution in [2.45, 2.75) is 29.3 Å². The summed E-state index contributed by atoms with van der Waals surface area (Å²) in [5, 5.41) is 0. The number of rotatable bonds is 10. The predicted molar refractivity (Wildman–Crippen MR) is 91.6 cm³/mol. The summed E-state index contributed by atoms with van der Waals surface area (Å²) in [5.41, 5.74) is 0.176. The fraction of sp³-hybridized carbons (Fsp3) is 0.733. The van der Waals surface area contributed by atoms with Gasteiger partial charge in [0.1, 0.15) is 6.10 Å². The van der Waals surface area contributed by atoms with Crippen LogP contribution in [0.1, 0.15) is 12.8 Å². The van der Waals surface area contributed by atoms with Gasteiger partial charge < -0.3 is 23.7 Å². The van der Waals surface area contributed by atoms with Gasteiger partial charge in [0.15, 0.2) is 12.6 Å². The highest BCUT2D eigenvalue weighted by molar-refractivity contribution is 8.18. The first kappa shape index (κ1) is 20.5. The molecule has 0 spiro atoms. The molecule has 1 fully saturated rings. The molecule has 0 aromatic carbocycles. The van der Waals surface area contributed by atoms with Crippen molar-refractivity contribution >= 4 is 35.8 Å². The minimum Gasteiger partial charge on any atom is -0.466 e. The van der Waals surface area contributed by atoms with Crippen LogP contribution < -0.4 is 0 Å². The summed E-state index contributed by atoms with van der Waals surface area (Å²) in [6.07, 6.45) is 1.22. The van der Waals surface area contributed by atoms with E-state index in [1.165, 1.54) is 7.11 Å². The van der Waals surface area contributed by atoms with Crippen molar-refractivity contribution in [2.24, 2.45) is 0 Å². The third kappa shape index (κ3) is 5.79. The van der Waals surface area contributed by atoms with Gasteiger partial charge in [-0.3, -0.25) is 0 Å². The van der Waals surface area contributed by atoms with Gasteiger partial charge in [-0.05, 0) is 17.9 Å². The Morgan fingerprint density at radius 2 is 1.87 bits per heavy atom. The lowest BCUT2D eigenvalue weighted by Gasteiger charge is -2.41. The Balaban J connectivity index is 2.82. The van der Waals surface area contributed by atoms with Crippen LogP contribution in [0.5, 0.6) is 0 Å². The standard InChI is InChI=1S/C15H24O6S2/c1-11(14(17)20-4)10-21-12(9-16)15(8-13(18-2)19-3)22-6-5-7-23-15/h9,12-13H,1,5-8,10H2,2-4H3. The molecule has 0 bridgehead atoms. The van der Waals surface area contributed by atoms with Crippen LogP contribution >= 0.6 is 23.5 Å². The van der Waals surface area contributed by atoms with Gasteiger partial charge in [-0.1, -0.05) is 6.58 Å². The zero-order valence-electron chi connectivity index (χ0n) is 13.7. The Morgan fingerprint density at radius 3 is 2.35 bits per heavy atom. The Labute approximate surface area is 145 Å². The largest absolute Gasteiger partial charge is 0.466 e. The highest BCUT2D eigenvalue weighted by Gasteiger charge is 2.44. The quantitative estimate of drug-likeness (QED) is 0.252. The Hall–Kier alpha value is -0.540. The molecule has 1 heterocycles. The van der Waals surface area contributed by atoms with Crippen molar-refractivity contribution in [2.75, 3.05) is 39.4 Å². The van der Waals surface area contributed by atoms with Crippen molar-refractivity contribution in [3.8, 4) is 0 Å². The summed E-state index contributed by atoms with van der Waals surface area (Å²) in [5.74, 6) is 1.32. The average Bonchev–Trinajstić information content (AvgIpc) is 2.60. The van der Waals surface area contributed by atoms with Crippen LogP contribution in [0.4, 0.5) is 0 Å². The maximum absolute atomic E-state index is 11.6. The molecule has 1 rings (SSSR count). The third-order valence-electron chi connectivity index (χ3n) is 3.43. The third-order valence-corrected chi connectivity index (χ3v) is 6.89. The highest BCUT2D eigenvalue weighted by atomic mass is 32.2. The summed E-state index contributed by atoms with van der Waals surface area (Å²) in [4.78, 5) is 23.0. The maximum atomic E-state index is 11.6. The normalized spacial score (nSPS) is 18.4. The second kappa shape index (κ2) is 10.4. The van der Waals surface area contributed by atoms with E-state index in [0.29, 0.717) is 6.42 Å². The molecule has 1 saturated heterocycles. The summed E-state index contributed by atoms with van der Waals surface area (Å²) in [6.45, 7) is 3.56. The van der Waals surface area contributed by atoms with Gasteiger partial charge in [0.05, 0.1) is 23.4 Å². The number of ether oxygens (including phenoxy) is 4. The molecule has 1 unspecified atom stereocenters. The van der Waals surface area contributed by atoms with Gasteiger partial charge in [0, 0.05) is 20.6 Å². The van der Waals surface area contributed by atoms with Crippen molar-refractivity contribution in [3.63, 3.8) is 0 Å². The van der Waals surface area contributed by atoms with E-state index in [9.17, 15) is 9.59 Å². The Bertz CT molecular complexity index is 405. The van der Waals surface area contributed by atoms with Crippen molar-refractivity contribution in [1.29, 1.82) is 0 Å². The molecule has 0 aromatic rings. The lowest BCUT2D eigenvalue weighted by molar-refractivity contribution is -0.138. The lowest BCUT2D eigenvalue weighted by atomic mass is 10.2. The number of aldehydes is 1. The van der Waals surface area contributed by atoms with Crippen LogP contribution in [0, 0.1) is 0 Å². The van der Waals surface area contributed by atoms with E-state index in [1.807, 2.05) is 0 Å². The van der Waals surface area contributed by atoms with E-state index in [1.54, 1.807) is 37.7 Å². The molecular formula is C15H24O6S2. The van der Waals surface area contributed by atoms with Crippen molar-refractivity contribution in [3.05, 3.63) is 12.2 Å². The van der Waals surface area contributed by atoms with Gasteiger partial charge in [-0.25, -0.2) is 4.79 Å². The first-order valence-electron chi connectivity index (χ1n) is 7.19. The second-order valence-corrected chi connectivity index (χ2v) is 8.04. The van der Waals surface area contributed by atoms with E-state index >= 15 is 0 Å². The maximum Gasteiger partial charge on any atom is 0.335 e. The van der Waals surface area contributed by atoms with Crippen LogP contribution in [0.2, 0.25) is 0 Å². The smallest absolute Gasteiger partial charge is 0.335 e. The summed E-state index contributed by atoms with van der Waals surface area (Å²) in [6, 6.07) is 0. The molecule has 8 heteroatoms. The Kier molecular flexibility index (Phi) is 9.23. The average molecular weight is 364 g/mol. The van der Waals surface area contributed by atoms with Gasteiger partial charge in [0.25, 0.3) is 0 Å². The second-order valence-electron chi connectivity index (χ2n) is 4.93. The van der Waals surface area contributed by atoms with E-state index in [-0.39, 0.29) is 12.2 Å². The molecule has 1 aliphatic rings. The van der Waals surface area contributed by atoms with E-state index in [0.717, 1.165) is 24.2 Å². The Morgan fingerprint density at radius 1 is 1.26 bits per heavy atom. The number of carbonyl (C=O) groups excluding carboxylic acids is 2. The summed E-state index contributed by atoms with van der Waals surface area (Å²) >= 11 is 3.34. The fourth-order valence-electron chi connectivity index (χ4n) is 2.15. The molecule has 0 radical (unpaired) electrons. The molecule has 0 aliphatic carbocycles. The molecule has 6 nitrogen and oxygen atoms in total. The van der Waals surface area contributed by atoms with Crippen molar-refractivity contribution < 1.29 is 28.5 Å². The van der Waals surface area contributed by atoms with Crippen LogP contribution in [-0.2, 0) is 28.5 Å². The molecule has 0 saturated carbocycles. The van der Waals surface area contributed by atoms with Gasteiger partial charge in [-0.2, -0.15) is 0 Å². The predicted octanol–water partition coefficient (Wildman–Crippen LogP) is 1.88. The zero-order valence-corrected chi connectivity index (χ0v) is 15.4. The molecule has 1 aliphatic heterocycles. The number of hydrogen-bond acceptors (Lipinski definition) is 8. The number of carbonyl (C=O) groups is 2. The summed E-state index contributed by atoms with van der Waals surface area (Å²) < 4.78 is 20.4. The first-order chi connectivity index (χ1) is 11.0. The topological polar surface area (TPSA) is 71.1 Å². The molecule has 23 heavy (non-hydrogen) atoms. The van der Waals surface area contributed by atoms with Crippen LogP contribution in [0.25, 0.3) is 0 Å². The van der Waals surface area contributed by atoms with E-state index in [2.05, 4.69) is 11.3 Å². The molecule has 1 atom stereocenters. The van der Waals surface area contributed by atoms with E-state index < -0.39 is 22.4 Å². The SMILES string of the molecule is C=C(COC(C=O)C1(CC(OC)OC)SCCCS1)C(=O)OC. The van der Waals surface area contributed by atoms with Crippen LogP contribution in [0.15, 0.2) is 12.2 Å². The minimum absolute atomic E-state index is 0.0520. The number of hydrogen-bond donors (Lipinski definition) is 0. The monoisotopic (exact) mass is 364 g/mol. The number of methoxy groups -OCH3 is 3. The van der Waals surface area contributed by atoms with Crippen LogP contribution in [-0.4, -0.2) is 68.2 Å². The lowest BCUT2D eigenvalue weighted by Crippen LogP contribution is -2.45.